The first-order chi connectivity index (χ1) is 18.8. The van der Waals surface area contributed by atoms with Gasteiger partial charge < -0.3 is 10.2 Å². The van der Waals surface area contributed by atoms with Gasteiger partial charge >= 0.3 is 6.09 Å². The molecular weight excluding hydrogens is 440 g/mol. The third kappa shape index (κ3) is 7.28. The summed E-state index contributed by atoms with van der Waals surface area (Å²) in [6.45, 7) is 2.07. The highest BCUT2D eigenvalue weighted by molar-refractivity contribution is 7.89. The second kappa shape index (κ2) is 11.1. The molecule has 8 heteroatoms. The number of carboxylic acid groups (broad SMARTS) is 1. The van der Waals surface area contributed by atoms with Crippen LogP contribution in [0.3, 0.4) is 0 Å². The number of sulfonamides is 1. The molecule has 0 radical (unpaired) electrons. The lowest BCUT2D eigenvalue weighted by atomic mass is 9.94. The van der Waals surface area contributed by atoms with E-state index in [1.165, 1.54) is 52.8 Å². The summed E-state index contributed by atoms with van der Waals surface area (Å²) in [4.78, 5) is 12.3. The molecule has 1 amide bonds. The average molecular weight is 486 g/mol. The number of hydrogen-bond donors (Lipinski definition) is 2. The molecule has 7 nitrogen and oxygen atoms in total. The van der Waals surface area contributed by atoms with Crippen LogP contribution in [0.4, 0.5) is 4.79 Å². The fourth-order valence-electron chi connectivity index (χ4n) is 2.88. The Balaban J connectivity index is 3.09. The number of nitrogens with zero attached hydrogens (tertiary/aromatic N) is 2. The Hall–Kier alpha value is -2.42. The molecule has 0 aromatic heterocycles. The molecule has 0 unspecified atom stereocenters. The second-order valence-electron chi connectivity index (χ2n) is 8.61. The molecule has 2 N–H and O–H groups in total. The molecule has 0 heterocycles. The molecule has 0 aliphatic rings. The van der Waals surface area contributed by atoms with Gasteiger partial charge in [-0.3, -0.25) is 4.90 Å². The SMILES string of the molecule is [2H]c1ccc(C([2H])([2H])[C@]([2H])(N(C(=O)O)C(C)(C)C)[C@]([2H])(O)C([2H])([2H])N(CC(C)C)S(=O)(=O)c2ccccc2)c([2H])c1[2H]. The molecule has 0 aliphatic carbocycles. The maximum Gasteiger partial charge on any atom is 0.408 e. The van der Waals surface area contributed by atoms with Crippen molar-refractivity contribution in [1.29, 1.82) is 0 Å². The minimum absolute atomic E-state index is 0.00515. The first-order valence-electron chi connectivity index (χ1n) is 14.7. The van der Waals surface area contributed by atoms with E-state index in [4.69, 9.17) is 11.0 Å². The predicted octanol–water partition coefficient (Wildman–Crippen LogP) is 4.08. The van der Waals surface area contributed by atoms with Crippen LogP contribution >= 0.6 is 0 Å². The summed E-state index contributed by atoms with van der Waals surface area (Å²) in [6.07, 6.45) is -9.96. The van der Waals surface area contributed by atoms with Gasteiger partial charge in [0.25, 0.3) is 0 Å². The topological polar surface area (TPSA) is 98.2 Å². The highest BCUT2D eigenvalue weighted by atomic mass is 32.2. The van der Waals surface area contributed by atoms with Gasteiger partial charge in [0.15, 0.2) is 0 Å². The van der Waals surface area contributed by atoms with Crippen LogP contribution in [-0.4, -0.2) is 64.6 Å². The highest BCUT2D eigenvalue weighted by Gasteiger charge is 2.39. The summed E-state index contributed by atoms with van der Waals surface area (Å²) < 4.78 is 106. The van der Waals surface area contributed by atoms with Crippen molar-refractivity contribution in [3.8, 4) is 0 Å². The van der Waals surface area contributed by atoms with Crippen molar-refractivity contribution in [2.24, 2.45) is 5.92 Å². The van der Waals surface area contributed by atoms with Crippen molar-refractivity contribution in [3.63, 3.8) is 0 Å². The summed E-state index contributed by atoms with van der Waals surface area (Å²) in [5, 5.41) is 22.1. The molecule has 0 fully saturated rings. The molecule has 0 saturated carbocycles. The van der Waals surface area contributed by atoms with E-state index in [0.29, 0.717) is 0 Å². The van der Waals surface area contributed by atoms with Gasteiger partial charge in [-0.25, -0.2) is 13.2 Å². The number of aliphatic hydroxyl groups is 1. The van der Waals surface area contributed by atoms with Crippen molar-refractivity contribution in [3.05, 3.63) is 66.2 Å². The van der Waals surface area contributed by atoms with Crippen molar-refractivity contribution in [1.82, 2.24) is 9.21 Å². The minimum Gasteiger partial charge on any atom is -0.465 e. The van der Waals surface area contributed by atoms with Crippen LogP contribution in [-0.2, 0) is 16.4 Å². The fourth-order valence-corrected chi connectivity index (χ4v) is 4.33. The number of benzene rings is 2. The summed E-state index contributed by atoms with van der Waals surface area (Å²) in [5.74, 6) is -0.625. The highest BCUT2D eigenvalue weighted by Crippen LogP contribution is 2.25. The van der Waals surface area contributed by atoms with E-state index in [-0.39, 0.29) is 9.21 Å². The van der Waals surface area contributed by atoms with Gasteiger partial charge in [0.05, 0.1) is 23.8 Å². The lowest BCUT2D eigenvalue weighted by molar-refractivity contribution is 0.000540. The quantitative estimate of drug-likeness (QED) is 0.528. The van der Waals surface area contributed by atoms with Crippen LogP contribution < -0.4 is 0 Å². The molecule has 0 saturated heterocycles. The molecule has 2 rings (SSSR count). The molecule has 182 valence electrons. The molecule has 33 heavy (non-hydrogen) atoms. The lowest BCUT2D eigenvalue weighted by Crippen LogP contribution is -2.58. The van der Waals surface area contributed by atoms with E-state index in [1.54, 1.807) is 0 Å². The smallest absolute Gasteiger partial charge is 0.408 e. The monoisotopic (exact) mass is 485 g/mol. The predicted molar refractivity (Wildman–Crippen MR) is 130 cm³/mol. The molecule has 2 aromatic carbocycles. The van der Waals surface area contributed by atoms with Gasteiger partial charge in [-0.05, 0) is 50.8 Å². The maximum absolute atomic E-state index is 13.8. The van der Waals surface area contributed by atoms with Crippen molar-refractivity contribution in [2.45, 2.75) is 63.5 Å². The zero-order valence-corrected chi connectivity index (χ0v) is 20.1. The Morgan fingerprint density at radius 3 is 2.33 bits per heavy atom. The Labute approximate surface area is 210 Å². The van der Waals surface area contributed by atoms with E-state index >= 15 is 0 Å². The minimum atomic E-state index is -4.89. The fraction of sp³-hybridized carbons (Fsp3) is 0.480. The molecule has 0 bridgehead atoms. The van der Waals surface area contributed by atoms with E-state index in [9.17, 15) is 24.8 Å². The molecule has 2 atom stereocenters. The summed E-state index contributed by atoms with van der Waals surface area (Å²) in [5.41, 5.74) is -2.70. The Kier molecular flexibility index (Phi) is 5.48. The zero-order chi connectivity index (χ0) is 32.9. The van der Waals surface area contributed by atoms with Gasteiger partial charge in [0, 0.05) is 24.1 Å². The summed E-state index contributed by atoms with van der Waals surface area (Å²) >= 11 is 0. The summed E-state index contributed by atoms with van der Waals surface area (Å²) in [7, 11) is -4.89. The standard InChI is InChI=1S/C25H36N2O5S/c1-19(2)17-26(33(31,32)21-14-10-7-11-15-21)18-23(28)22(16-20-12-8-6-9-13-20)27(24(29)30)25(3,4)5/h6-15,19,22-23,28H,16-18H2,1-5H3,(H,29,30)/t22-,23+/m0/s1/i6D,8D,12D,16D2,18D2,22D,23D. The van der Waals surface area contributed by atoms with Gasteiger partial charge in [-0.2, -0.15) is 4.31 Å². The van der Waals surface area contributed by atoms with Crippen molar-refractivity contribution in [2.75, 3.05) is 13.0 Å². The van der Waals surface area contributed by atoms with Crippen LogP contribution in [0.15, 0.2) is 65.5 Å². The van der Waals surface area contributed by atoms with E-state index in [1.807, 2.05) is 0 Å². The number of amides is 1. The van der Waals surface area contributed by atoms with Crippen LogP contribution in [0, 0.1) is 5.92 Å². The van der Waals surface area contributed by atoms with Crippen molar-refractivity contribution >= 4 is 16.1 Å². The first kappa shape index (κ1) is 16.2. The first-order valence-corrected chi connectivity index (χ1v) is 11.7. The largest absolute Gasteiger partial charge is 0.465 e. The van der Waals surface area contributed by atoms with Crippen LogP contribution in [0.25, 0.3) is 0 Å². The maximum atomic E-state index is 13.8. The van der Waals surface area contributed by atoms with E-state index in [2.05, 4.69) is 0 Å². The van der Waals surface area contributed by atoms with Gasteiger partial charge in [0.1, 0.15) is 0 Å². The van der Waals surface area contributed by atoms with Gasteiger partial charge in [0.2, 0.25) is 10.0 Å². The third-order valence-electron chi connectivity index (χ3n) is 4.26. The lowest BCUT2D eigenvalue weighted by Gasteiger charge is -2.42. The van der Waals surface area contributed by atoms with E-state index < -0.39 is 87.7 Å². The Morgan fingerprint density at radius 1 is 1.15 bits per heavy atom. The van der Waals surface area contributed by atoms with Gasteiger partial charge in [-0.1, -0.05) is 62.3 Å². The second-order valence-corrected chi connectivity index (χ2v) is 10.5. The van der Waals surface area contributed by atoms with Crippen molar-refractivity contribution < 1.29 is 35.8 Å². The molecule has 2 aromatic rings. The van der Waals surface area contributed by atoms with Crippen LogP contribution in [0.1, 0.15) is 52.5 Å². The van der Waals surface area contributed by atoms with Crippen LogP contribution in [0.5, 0.6) is 0 Å². The molecular formula is C25H36N2O5S. The number of hydrogen-bond acceptors (Lipinski definition) is 4. The summed E-state index contributed by atoms with van der Waals surface area (Å²) in [6, 6.07) is 1.98. The van der Waals surface area contributed by atoms with E-state index in [0.717, 1.165) is 24.3 Å². The molecule has 0 aliphatic heterocycles. The zero-order valence-electron chi connectivity index (χ0n) is 28.2. The number of carbonyl (C=O) groups is 1. The Morgan fingerprint density at radius 2 is 1.79 bits per heavy atom. The normalized spacial score (nSPS) is 21.0. The number of rotatable bonds is 10. The van der Waals surface area contributed by atoms with Gasteiger partial charge in [-0.15, -0.1) is 0 Å². The average Bonchev–Trinajstić information content (AvgIpc) is 2.84. The van der Waals surface area contributed by atoms with Crippen LogP contribution in [0.2, 0.25) is 0 Å². The Bertz CT molecular complexity index is 1420. The molecule has 0 spiro atoms. The third-order valence-corrected chi connectivity index (χ3v) is 5.95.